The van der Waals surface area contributed by atoms with Gasteiger partial charge in [0, 0.05) is 29.7 Å². The second-order valence-corrected chi connectivity index (χ2v) is 10.5. The van der Waals surface area contributed by atoms with Crippen molar-refractivity contribution < 1.29 is 36.6 Å². The Labute approximate surface area is 236 Å². The molecular weight excluding hydrogens is 562 g/mol. The van der Waals surface area contributed by atoms with Gasteiger partial charge in [-0.15, -0.1) is 0 Å². The van der Waals surface area contributed by atoms with Gasteiger partial charge in [0.2, 0.25) is 0 Å². The zero-order valence-electron chi connectivity index (χ0n) is 22.7. The number of amides is 2. The number of anilines is 1. The van der Waals surface area contributed by atoms with E-state index >= 15 is 0 Å². The van der Waals surface area contributed by atoms with Gasteiger partial charge in [0.15, 0.2) is 0 Å². The normalized spacial score (nSPS) is 13.2. The molecule has 4 aromatic rings. The van der Waals surface area contributed by atoms with E-state index < -0.39 is 41.7 Å². The molecule has 0 fully saturated rings. The molecule has 0 saturated heterocycles. The summed E-state index contributed by atoms with van der Waals surface area (Å²) >= 11 is 0. The number of carbonyl (C=O) groups excluding carboxylic acids is 2. The first-order chi connectivity index (χ1) is 19.8. The highest BCUT2D eigenvalue weighted by Gasteiger charge is 2.33. The first-order valence-electron chi connectivity index (χ1n) is 12.7. The Morgan fingerprint density at radius 2 is 1.79 bits per heavy atom. The summed E-state index contributed by atoms with van der Waals surface area (Å²) in [4.78, 5) is 46.7. The average Bonchev–Trinajstić information content (AvgIpc) is 3.55. The molecule has 15 heteroatoms. The number of carbonyl (C=O) groups is 2. The number of halogens is 4. The van der Waals surface area contributed by atoms with Gasteiger partial charge in [-0.25, -0.2) is 24.1 Å². The third-order valence-corrected chi connectivity index (χ3v) is 6.15. The molecule has 1 aliphatic heterocycles. The minimum Gasteiger partial charge on any atom is -0.444 e. The summed E-state index contributed by atoms with van der Waals surface area (Å²) in [5, 5.41) is 2.63. The molecule has 0 unspecified atom stereocenters. The van der Waals surface area contributed by atoms with E-state index in [0.717, 1.165) is 4.90 Å². The summed E-state index contributed by atoms with van der Waals surface area (Å²) in [6.07, 6.45) is -2.07. The Kier molecular flexibility index (Phi) is 7.53. The second kappa shape index (κ2) is 11.0. The number of hydrogen-bond acceptors (Lipinski definition) is 8. The van der Waals surface area contributed by atoms with Crippen LogP contribution in [0, 0.1) is 5.82 Å². The predicted octanol–water partition coefficient (Wildman–Crippen LogP) is 5.13. The summed E-state index contributed by atoms with van der Waals surface area (Å²) in [6, 6.07) is 3.35. The number of pyridine rings is 2. The van der Waals surface area contributed by atoms with E-state index in [1.165, 1.54) is 18.5 Å². The first kappa shape index (κ1) is 28.9. The van der Waals surface area contributed by atoms with Crippen LogP contribution in [0.15, 0.2) is 36.8 Å². The van der Waals surface area contributed by atoms with Crippen molar-refractivity contribution in [2.24, 2.45) is 0 Å². The molecule has 5 rings (SSSR count). The molecule has 220 valence electrons. The van der Waals surface area contributed by atoms with Crippen molar-refractivity contribution in [2.75, 3.05) is 5.32 Å². The van der Waals surface area contributed by atoms with Gasteiger partial charge in [-0.05, 0) is 39.0 Å². The van der Waals surface area contributed by atoms with E-state index in [1.54, 1.807) is 26.8 Å². The standard InChI is InChI=1S/C27H25F4N7O4/c1-26(2,3)42-25(40)37-23-16-13-41-12-15(16)22-18(36-23)8-19(35-22)24(39)38(11-21-32-5-4-6-33-21)10-20-17(28)7-14(9-34-20)27(29,30)31/h4-9,35H,10-13H2,1-3H3,(H,36,37,40). The van der Waals surface area contributed by atoms with Crippen molar-refractivity contribution >= 4 is 28.9 Å². The van der Waals surface area contributed by atoms with Crippen molar-refractivity contribution in [3.05, 3.63) is 76.5 Å². The number of nitrogens with zero attached hydrogens (tertiary/aromatic N) is 5. The Morgan fingerprint density at radius 1 is 1.07 bits per heavy atom. The molecule has 2 amide bonds. The maximum Gasteiger partial charge on any atom is 0.417 e. The van der Waals surface area contributed by atoms with E-state index in [0.29, 0.717) is 34.4 Å². The SMILES string of the molecule is CC(C)(C)OC(=O)Nc1nc2cc(C(=O)N(Cc3ncccn3)Cc3ncc(C(F)(F)F)cc3F)[nH]c2c2c1COC2. The predicted molar refractivity (Wildman–Crippen MR) is 139 cm³/mol. The topological polar surface area (TPSA) is 135 Å². The zero-order chi connectivity index (χ0) is 30.2. The van der Waals surface area contributed by atoms with Crippen LogP contribution in [0.25, 0.3) is 11.0 Å². The largest absolute Gasteiger partial charge is 0.444 e. The van der Waals surface area contributed by atoms with Crippen molar-refractivity contribution in [1.29, 1.82) is 0 Å². The molecule has 2 N–H and O–H groups in total. The van der Waals surface area contributed by atoms with E-state index in [-0.39, 0.29) is 42.8 Å². The number of rotatable bonds is 6. The maximum absolute atomic E-state index is 14.7. The highest BCUT2D eigenvalue weighted by molar-refractivity contribution is 5.99. The zero-order valence-corrected chi connectivity index (χ0v) is 22.7. The monoisotopic (exact) mass is 587 g/mol. The maximum atomic E-state index is 14.7. The number of fused-ring (bicyclic) bond motifs is 3. The van der Waals surface area contributed by atoms with Crippen LogP contribution in [0.5, 0.6) is 0 Å². The summed E-state index contributed by atoms with van der Waals surface area (Å²) in [6.45, 7) is 4.85. The number of H-pyrrole nitrogens is 1. The van der Waals surface area contributed by atoms with E-state index in [4.69, 9.17) is 9.47 Å². The van der Waals surface area contributed by atoms with Crippen LogP contribution in [-0.4, -0.2) is 47.4 Å². The number of ether oxygens (including phenoxy) is 2. The molecule has 0 saturated carbocycles. The van der Waals surface area contributed by atoms with Crippen molar-refractivity contribution in [2.45, 2.75) is 58.9 Å². The van der Waals surface area contributed by atoms with Crippen LogP contribution < -0.4 is 5.32 Å². The van der Waals surface area contributed by atoms with Crippen LogP contribution in [0.3, 0.4) is 0 Å². The smallest absolute Gasteiger partial charge is 0.417 e. The van der Waals surface area contributed by atoms with Gasteiger partial charge in [-0.1, -0.05) is 0 Å². The molecule has 4 aromatic heterocycles. The van der Waals surface area contributed by atoms with Crippen LogP contribution in [-0.2, 0) is 42.0 Å². The van der Waals surface area contributed by atoms with Crippen molar-refractivity contribution in [3.8, 4) is 0 Å². The Morgan fingerprint density at radius 3 is 2.45 bits per heavy atom. The Hall–Kier alpha value is -4.66. The molecule has 5 heterocycles. The Bertz CT molecular complexity index is 1650. The molecular formula is C27H25F4N7O4. The van der Waals surface area contributed by atoms with Gasteiger partial charge in [-0.3, -0.25) is 15.1 Å². The lowest BCUT2D eigenvalue weighted by molar-refractivity contribution is -0.138. The fourth-order valence-corrected chi connectivity index (χ4v) is 4.30. The third-order valence-electron chi connectivity index (χ3n) is 6.15. The first-order valence-corrected chi connectivity index (χ1v) is 12.7. The molecule has 11 nitrogen and oxygen atoms in total. The van der Waals surface area contributed by atoms with Crippen LogP contribution in [0.4, 0.5) is 28.2 Å². The number of alkyl halides is 3. The van der Waals surface area contributed by atoms with Gasteiger partial charge in [0.25, 0.3) is 5.91 Å². The molecule has 0 atom stereocenters. The van der Waals surface area contributed by atoms with E-state index in [2.05, 4.69) is 30.2 Å². The lowest BCUT2D eigenvalue weighted by Crippen LogP contribution is -2.32. The molecule has 0 radical (unpaired) electrons. The van der Waals surface area contributed by atoms with Gasteiger partial charge >= 0.3 is 12.3 Å². The van der Waals surface area contributed by atoms with Crippen LogP contribution >= 0.6 is 0 Å². The number of hydrogen-bond donors (Lipinski definition) is 2. The second-order valence-electron chi connectivity index (χ2n) is 10.5. The summed E-state index contributed by atoms with van der Waals surface area (Å²) in [5.41, 5.74) is -0.197. The van der Waals surface area contributed by atoms with E-state index in [1.807, 2.05) is 0 Å². The Balaban J connectivity index is 1.48. The molecule has 0 bridgehead atoms. The van der Waals surface area contributed by atoms with Gasteiger partial charge in [-0.2, -0.15) is 13.2 Å². The molecule has 0 aliphatic carbocycles. The molecule has 1 aliphatic rings. The van der Waals surface area contributed by atoms with Crippen molar-refractivity contribution in [3.63, 3.8) is 0 Å². The molecule has 0 spiro atoms. The lowest BCUT2D eigenvalue weighted by atomic mass is 10.1. The summed E-state index contributed by atoms with van der Waals surface area (Å²) in [7, 11) is 0. The minimum atomic E-state index is -4.78. The third kappa shape index (κ3) is 6.30. The molecule has 42 heavy (non-hydrogen) atoms. The highest BCUT2D eigenvalue weighted by Crippen LogP contribution is 2.33. The summed E-state index contributed by atoms with van der Waals surface area (Å²) in [5.74, 6) is -1.43. The fraction of sp³-hybridized carbons (Fsp3) is 0.333. The van der Waals surface area contributed by atoms with Gasteiger partial charge in [0.05, 0.1) is 48.6 Å². The van der Waals surface area contributed by atoms with Crippen LogP contribution in [0.1, 0.15) is 59.5 Å². The van der Waals surface area contributed by atoms with Crippen molar-refractivity contribution in [1.82, 2.24) is 29.8 Å². The molecule has 0 aromatic carbocycles. The number of aromatic amines is 1. The fourth-order valence-electron chi connectivity index (χ4n) is 4.30. The quantitative estimate of drug-likeness (QED) is 0.297. The lowest BCUT2D eigenvalue weighted by Gasteiger charge is -2.21. The van der Waals surface area contributed by atoms with Gasteiger partial charge in [0.1, 0.15) is 28.8 Å². The highest BCUT2D eigenvalue weighted by atomic mass is 19.4. The average molecular weight is 588 g/mol. The van der Waals surface area contributed by atoms with Gasteiger partial charge < -0.3 is 19.4 Å². The number of aromatic nitrogens is 5. The summed E-state index contributed by atoms with van der Waals surface area (Å²) < 4.78 is 64.7. The number of nitrogens with one attached hydrogen (secondary N) is 2. The minimum absolute atomic E-state index is 0.0456. The van der Waals surface area contributed by atoms with Crippen LogP contribution in [0.2, 0.25) is 0 Å². The van der Waals surface area contributed by atoms with E-state index in [9.17, 15) is 27.2 Å².